The van der Waals surface area contributed by atoms with Crippen LogP contribution in [0, 0.1) is 0 Å². The predicted octanol–water partition coefficient (Wildman–Crippen LogP) is 3.01. The Balaban J connectivity index is 1.52. The van der Waals surface area contributed by atoms with Crippen LogP contribution < -0.4 is 0 Å². The van der Waals surface area contributed by atoms with E-state index in [1.165, 1.54) is 5.56 Å². The molecule has 0 N–H and O–H groups in total. The van der Waals surface area contributed by atoms with Crippen LogP contribution in [0.25, 0.3) is 0 Å². The zero-order valence-corrected chi connectivity index (χ0v) is 16.6. The third kappa shape index (κ3) is 2.90. The topological polar surface area (TPSA) is 55.8 Å². The highest BCUT2D eigenvalue weighted by Gasteiger charge is 2.61. The largest absolute Gasteiger partial charge is 0.346 e. The van der Waals surface area contributed by atoms with Crippen molar-refractivity contribution in [3.8, 4) is 0 Å². The minimum Gasteiger partial charge on any atom is -0.346 e. The fraction of sp³-hybridized carbons (Fsp3) is 0.455. The van der Waals surface area contributed by atoms with Crippen molar-refractivity contribution in [1.82, 2.24) is 4.90 Å². The number of hydrogen-bond donors (Lipinski definition) is 0. The van der Waals surface area contributed by atoms with Gasteiger partial charge >= 0.3 is 0 Å². The average Bonchev–Trinajstić information content (AvgIpc) is 3.29. The van der Waals surface area contributed by atoms with E-state index >= 15 is 0 Å². The number of ether oxygens (including phenoxy) is 2. The van der Waals surface area contributed by atoms with Gasteiger partial charge in [0.1, 0.15) is 0 Å². The van der Waals surface area contributed by atoms with Gasteiger partial charge in [0, 0.05) is 19.0 Å². The Labute approximate surface area is 166 Å². The summed E-state index contributed by atoms with van der Waals surface area (Å²) in [6.45, 7) is 1.87. The average molecular weight is 400 g/mol. The van der Waals surface area contributed by atoms with Gasteiger partial charge in [-0.1, -0.05) is 48.5 Å². The van der Waals surface area contributed by atoms with Gasteiger partial charge in [0.2, 0.25) is 0 Å². The maximum atomic E-state index is 13.5. The summed E-state index contributed by atoms with van der Waals surface area (Å²) >= 11 is 0. The molecule has 3 heterocycles. The fourth-order valence-corrected chi connectivity index (χ4v) is 7.23. The summed E-state index contributed by atoms with van der Waals surface area (Å²) in [6.07, 6.45) is 2.07. The van der Waals surface area contributed by atoms with E-state index in [9.17, 15) is 8.42 Å². The van der Waals surface area contributed by atoms with Crippen molar-refractivity contribution in [3.05, 3.63) is 66.2 Å². The van der Waals surface area contributed by atoms with Gasteiger partial charge in [-0.05, 0) is 30.5 Å². The molecular formula is C22H25NO4S. The lowest BCUT2D eigenvalue weighted by molar-refractivity contribution is -0.220. The van der Waals surface area contributed by atoms with Gasteiger partial charge in [0.05, 0.1) is 29.4 Å². The molecule has 3 aliphatic heterocycles. The van der Waals surface area contributed by atoms with Gasteiger partial charge in [-0.2, -0.15) is 0 Å². The zero-order valence-electron chi connectivity index (χ0n) is 15.7. The lowest BCUT2D eigenvalue weighted by Gasteiger charge is -2.45. The molecule has 3 saturated heterocycles. The molecule has 0 amide bonds. The molecule has 3 fully saturated rings. The molecular weight excluding hydrogens is 374 g/mol. The molecule has 1 spiro atoms. The standard InChI is InChI=1S/C22H25NO4S/c24-28(25,18-9-5-2-6-10-18)20-15-21-22(26-13-14-27-22)12-11-19(20)23(21)16-17-7-3-1-4-8-17/h1-10,19-21H,11-16H2. The molecule has 2 aromatic rings. The van der Waals surface area contributed by atoms with Gasteiger partial charge in [0.15, 0.2) is 15.6 Å². The van der Waals surface area contributed by atoms with Crippen LogP contribution in [0.3, 0.4) is 0 Å². The first-order valence-electron chi connectivity index (χ1n) is 9.97. The first kappa shape index (κ1) is 18.3. The normalized spacial score (nSPS) is 29.4. The van der Waals surface area contributed by atoms with Crippen LogP contribution in [0.15, 0.2) is 65.6 Å². The number of nitrogens with zero attached hydrogens (tertiary/aromatic N) is 1. The molecule has 5 nitrogen and oxygen atoms in total. The Hall–Kier alpha value is -1.73. The molecule has 2 aromatic carbocycles. The van der Waals surface area contributed by atoms with E-state index in [1.54, 1.807) is 24.3 Å². The van der Waals surface area contributed by atoms with E-state index < -0.39 is 20.9 Å². The monoisotopic (exact) mass is 399 g/mol. The number of sulfone groups is 1. The lowest BCUT2D eigenvalue weighted by Crippen LogP contribution is -2.56. The third-order valence-corrected chi connectivity index (χ3v) is 8.69. The minimum atomic E-state index is -3.42. The van der Waals surface area contributed by atoms with Crippen molar-refractivity contribution in [2.45, 2.75) is 53.8 Å². The lowest BCUT2D eigenvalue weighted by atomic mass is 9.95. The summed E-state index contributed by atoms with van der Waals surface area (Å²) < 4.78 is 39.1. The number of fused-ring (bicyclic) bond motifs is 3. The van der Waals surface area contributed by atoms with E-state index in [0.717, 1.165) is 12.8 Å². The number of rotatable bonds is 4. The highest BCUT2D eigenvalue weighted by atomic mass is 32.2. The van der Waals surface area contributed by atoms with Crippen LogP contribution in [0.5, 0.6) is 0 Å². The van der Waals surface area contributed by atoms with Gasteiger partial charge in [-0.25, -0.2) is 8.42 Å². The van der Waals surface area contributed by atoms with E-state index in [1.807, 2.05) is 24.3 Å². The molecule has 0 aliphatic carbocycles. The molecule has 0 aromatic heterocycles. The summed E-state index contributed by atoms with van der Waals surface area (Å²) in [5.74, 6) is -0.660. The molecule has 28 heavy (non-hydrogen) atoms. The second kappa shape index (κ2) is 6.95. The second-order valence-electron chi connectivity index (χ2n) is 7.92. The molecule has 5 rings (SSSR count). The minimum absolute atomic E-state index is 0.0196. The van der Waals surface area contributed by atoms with Crippen molar-refractivity contribution in [2.75, 3.05) is 13.2 Å². The quantitative estimate of drug-likeness (QED) is 0.791. The highest BCUT2D eigenvalue weighted by Crippen LogP contribution is 2.49. The fourth-order valence-electron chi connectivity index (χ4n) is 5.20. The summed E-state index contributed by atoms with van der Waals surface area (Å²) in [7, 11) is -3.42. The Morgan fingerprint density at radius 1 is 0.964 bits per heavy atom. The predicted molar refractivity (Wildman–Crippen MR) is 105 cm³/mol. The number of piperidine rings is 1. The number of hydrogen-bond acceptors (Lipinski definition) is 5. The van der Waals surface area contributed by atoms with Crippen molar-refractivity contribution in [1.29, 1.82) is 0 Å². The summed E-state index contributed by atoms with van der Waals surface area (Å²) in [5.41, 5.74) is 1.19. The second-order valence-corrected chi connectivity index (χ2v) is 10.1. The zero-order chi connectivity index (χ0) is 19.2. The summed E-state index contributed by atoms with van der Waals surface area (Å²) in [6, 6.07) is 19.0. The Morgan fingerprint density at radius 2 is 1.61 bits per heavy atom. The van der Waals surface area contributed by atoms with Crippen LogP contribution >= 0.6 is 0 Å². The highest BCUT2D eigenvalue weighted by molar-refractivity contribution is 7.92. The molecule has 6 heteroatoms. The molecule has 148 valence electrons. The Morgan fingerprint density at radius 3 is 2.29 bits per heavy atom. The van der Waals surface area contributed by atoms with Crippen LogP contribution in [-0.4, -0.2) is 49.7 Å². The Bertz CT molecular complexity index is 926. The van der Waals surface area contributed by atoms with Crippen molar-refractivity contribution < 1.29 is 17.9 Å². The van der Waals surface area contributed by atoms with Crippen LogP contribution in [0.4, 0.5) is 0 Å². The molecule has 3 atom stereocenters. The molecule has 0 radical (unpaired) electrons. The van der Waals surface area contributed by atoms with Crippen molar-refractivity contribution in [3.63, 3.8) is 0 Å². The third-order valence-electron chi connectivity index (χ3n) is 6.46. The number of benzene rings is 2. The maximum absolute atomic E-state index is 13.5. The van der Waals surface area contributed by atoms with E-state index in [4.69, 9.17) is 9.47 Å². The summed E-state index contributed by atoms with van der Waals surface area (Å²) in [5, 5.41) is -0.434. The Kier molecular flexibility index (Phi) is 4.55. The maximum Gasteiger partial charge on any atom is 0.184 e. The van der Waals surface area contributed by atoms with Crippen molar-refractivity contribution in [2.24, 2.45) is 0 Å². The molecule has 0 saturated carbocycles. The van der Waals surface area contributed by atoms with Gasteiger partial charge in [-0.3, -0.25) is 4.90 Å². The smallest absolute Gasteiger partial charge is 0.184 e. The van der Waals surface area contributed by atoms with E-state index in [-0.39, 0.29) is 12.1 Å². The van der Waals surface area contributed by atoms with Crippen molar-refractivity contribution >= 4 is 9.84 Å². The first-order valence-corrected chi connectivity index (χ1v) is 11.5. The van der Waals surface area contributed by atoms with E-state index in [2.05, 4.69) is 17.0 Å². The molecule has 3 aliphatic rings. The van der Waals surface area contributed by atoms with Crippen LogP contribution in [0.2, 0.25) is 0 Å². The van der Waals surface area contributed by atoms with Crippen LogP contribution in [-0.2, 0) is 25.9 Å². The van der Waals surface area contributed by atoms with E-state index in [0.29, 0.717) is 31.1 Å². The summed E-state index contributed by atoms with van der Waals surface area (Å²) in [4.78, 5) is 2.74. The van der Waals surface area contributed by atoms with Crippen LogP contribution in [0.1, 0.15) is 24.8 Å². The first-order chi connectivity index (χ1) is 13.6. The molecule has 3 unspecified atom stereocenters. The molecule has 2 bridgehead atoms. The SMILES string of the molecule is O=S(=O)(c1ccccc1)C1CC2N(Cc3ccccc3)C1CCC21OCCO1. The van der Waals surface area contributed by atoms with Gasteiger partial charge in [-0.15, -0.1) is 0 Å². The van der Waals surface area contributed by atoms with Gasteiger partial charge in [0.25, 0.3) is 0 Å². The van der Waals surface area contributed by atoms with Gasteiger partial charge < -0.3 is 9.47 Å².